The number of carbonyl (C=O) groups is 2. The molecule has 1 saturated heterocycles. The molecule has 1 aromatic carbocycles. The highest BCUT2D eigenvalue weighted by Crippen LogP contribution is 2.58. The zero-order valence-corrected chi connectivity index (χ0v) is 19.3. The van der Waals surface area contributed by atoms with Gasteiger partial charge in [0.1, 0.15) is 5.75 Å². The fraction of sp³-hybridized carbons (Fsp3) is 0.458. The van der Waals surface area contributed by atoms with Gasteiger partial charge in [0.15, 0.2) is 0 Å². The summed E-state index contributed by atoms with van der Waals surface area (Å²) in [6.07, 6.45) is 6.88. The van der Waals surface area contributed by atoms with Crippen molar-refractivity contribution in [3.63, 3.8) is 0 Å². The van der Waals surface area contributed by atoms with Gasteiger partial charge in [-0.1, -0.05) is 19.1 Å². The van der Waals surface area contributed by atoms with Crippen molar-refractivity contribution in [1.82, 2.24) is 9.88 Å². The molecule has 8 nitrogen and oxygen atoms in total. The lowest BCUT2D eigenvalue weighted by Gasteiger charge is -2.54. The van der Waals surface area contributed by atoms with Crippen LogP contribution in [0.5, 0.6) is 5.75 Å². The van der Waals surface area contributed by atoms with E-state index in [-0.39, 0.29) is 41.9 Å². The maximum Gasteiger partial charge on any atom is 0.380 e. The minimum absolute atomic E-state index is 0.00473. The SMILES string of the molecule is C[C@]12CC[C@@H]3c4ccc(OS(N)(=O)=O)cc4CC[C@H]3[C@@H]1CC(=O)N(Cc1cccnc1)C2=O. The van der Waals surface area contributed by atoms with Crippen molar-refractivity contribution in [2.45, 2.75) is 51.5 Å². The number of imide groups is 1. The summed E-state index contributed by atoms with van der Waals surface area (Å²) < 4.78 is 27.4. The zero-order valence-electron chi connectivity index (χ0n) is 18.4. The second kappa shape index (κ2) is 7.92. The fourth-order valence-electron chi connectivity index (χ4n) is 6.26. The molecule has 3 aliphatic rings. The van der Waals surface area contributed by atoms with Gasteiger partial charge in [0, 0.05) is 18.8 Å². The molecule has 4 atom stereocenters. The quantitative estimate of drug-likeness (QED) is 0.688. The topological polar surface area (TPSA) is 120 Å². The molecule has 1 aliphatic heterocycles. The first-order valence-corrected chi connectivity index (χ1v) is 12.7. The third kappa shape index (κ3) is 3.93. The van der Waals surface area contributed by atoms with Crippen molar-refractivity contribution in [3.8, 4) is 5.75 Å². The number of pyridine rings is 1. The van der Waals surface area contributed by atoms with Crippen LogP contribution in [0.25, 0.3) is 0 Å². The number of nitrogens with zero attached hydrogens (tertiary/aromatic N) is 2. The first-order chi connectivity index (χ1) is 15.7. The summed E-state index contributed by atoms with van der Waals surface area (Å²) in [6, 6.07) is 8.98. The maximum atomic E-state index is 13.6. The van der Waals surface area contributed by atoms with Gasteiger partial charge < -0.3 is 4.18 Å². The number of aryl methyl sites for hydroxylation is 1. The van der Waals surface area contributed by atoms with Crippen molar-refractivity contribution in [2.75, 3.05) is 0 Å². The van der Waals surface area contributed by atoms with Gasteiger partial charge in [-0.3, -0.25) is 19.5 Å². The maximum absolute atomic E-state index is 13.6. The van der Waals surface area contributed by atoms with E-state index >= 15 is 0 Å². The van der Waals surface area contributed by atoms with E-state index in [1.165, 1.54) is 4.90 Å². The fourth-order valence-corrected chi connectivity index (χ4v) is 6.63. The van der Waals surface area contributed by atoms with Gasteiger partial charge >= 0.3 is 10.3 Å². The van der Waals surface area contributed by atoms with E-state index in [1.54, 1.807) is 24.5 Å². The van der Waals surface area contributed by atoms with Crippen LogP contribution in [-0.2, 0) is 32.9 Å². The van der Waals surface area contributed by atoms with Gasteiger partial charge in [-0.2, -0.15) is 13.6 Å². The van der Waals surface area contributed by atoms with Crippen molar-refractivity contribution >= 4 is 22.1 Å². The van der Waals surface area contributed by atoms with Gasteiger partial charge in [-0.25, -0.2) is 0 Å². The van der Waals surface area contributed by atoms with Crippen LogP contribution in [0.3, 0.4) is 0 Å². The van der Waals surface area contributed by atoms with Crippen LogP contribution in [-0.4, -0.2) is 30.1 Å². The Kier molecular flexibility index (Phi) is 5.29. The number of likely N-dealkylation sites (tertiary alicyclic amines) is 1. The number of carbonyl (C=O) groups excluding carboxylic acids is 2. The number of benzene rings is 1. The highest BCUT2D eigenvalue weighted by Gasteiger charge is 2.57. The van der Waals surface area contributed by atoms with Crippen molar-refractivity contribution in [1.29, 1.82) is 0 Å². The van der Waals surface area contributed by atoms with E-state index in [1.807, 2.05) is 25.1 Å². The Morgan fingerprint density at radius 1 is 1.24 bits per heavy atom. The van der Waals surface area contributed by atoms with Crippen molar-refractivity contribution in [2.24, 2.45) is 22.4 Å². The number of aromatic nitrogens is 1. The van der Waals surface area contributed by atoms with E-state index in [9.17, 15) is 18.0 Å². The molecule has 0 spiro atoms. The molecule has 2 aromatic rings. The molecule has 2 amide bonds. The van der Waals surface area contributed by atoms with E-state index in [2.05, 4.69) is 4.98 Å². The van der Waals surface area contributed by atoms with E-state index in [0.29, 0.717) is 12.8 Å². The summed E-state index contributed by atoms with van der Waals surface area (Å²) in [5.74, 6) is 0.485. The van der Waals surface area contributed by atoms with E-state index in [0.717, 1.165) is 36.0 Å². The lowest BCUT2D eigenvalue weighted by atomic mass is 9.52. The standard InChI is InChI=1S/C24H27N3O5S/c1-24-9-8-19-18-7-5-17(32-33(25,30)31)11-16(18)4-6-20(19)21(24)12-22(28)27(23(24)29)14-15-3-2-10-26-13-15/h2-3,5,7,10-11,13,19-21H,4,6,8-9,12,14H2,1H3,(H2,25,30,31)/t19-,20-,21+,24+/m1/s1. The average molecular weight is 470 g/mol. The summed E-state index contributed by atoms with van der Waals surface area (Å²) in [4.78, 5) is 32.2. The highest BCUT2D eigenvalue weighted by atomic mass is 32.2. The molecular weight excluding hydrogens is 442 g/mol. The number of hydrogen-bond donors (Lipinski definition) is 1. The Morgan fingerprint density at radius 3 is 2.79 bits per heavy atom. The van der Waals surface area contributed by atoms with Crippen molar-refractivity contribution < 1.29 is 22.2 Å². The summed E-state index contributed by atoms with van der Waals surface area (Å²) in [6.45, 7) is 2.29. The van der Waals surface area contributed by atoms with Crippen LogP contribution in [0.4, 0.5) is 0 Å². The molecule has 9 heteroatoms. The Labute approximate surface area is 193 Å². The number of fused-ring (bicyclic) bond motifs is 5. The molecule has 2 aliphatic carbocycles. The van der Waals surface area contributed by atoms with Gasteiger partial charge in [-0.15, -0.1) is 0 Å². The third-order valence-electron chi connectivity index (χ3n) is 7.79. The third-order valence-corrected chi connectivity index (χ3v) is 8.22. The average Bonchev–Trinajstić information content (AvgIpc) is 2.77. The largest absolute Gasteiger partial charge is 0.380 e. The highest BCUT2D eigenvalue weighted by molar-refractivity contribution is 7.84. The van der Waals surface area contributed by atoms with E-state index in [4.69, 9.17) is 9.32 Å². The first-order valence-electron chi connectivity index (χ1n) is 11.2. The molecule has 1 saturated carbocycles. The Morgan fingerprint density at radius 2 is 2.06 bits per heavy atom. The van der Waals surface area contributed by atoms with Gasteiger partial charge in [-0.05, 0) is 78.3 Å². The molecule has 174 valence electrons. The predicted octanol–water partition coefficient (Wildman–Crippen LogP) is 2.69. The number of piperidine rings is 1. The molecule has 2 fully saturated rings. The molecule has 0 bridgehead atoms. The number of hydrogen-bond acceptors (Lipinski definition) is 6. The van der Waals surface area contributed by atoms with E-state index < -0.39 is 15.7 Å². The number of nitrogens with two attached hydrogens (primary N) is 1. The summed E-state index contributed by atoms with van der Waals surface area (Å²) in [5, 5.41) is 5.00. The Balaban J connectivity index is 1.40. The molecule has 5 rings (SSSR count). The Bertz CT molecular complexity index is 1220. The van der Waals surface area contributed by atoms with Gasteiger partial charge in [0.05, 0.1) is 12.0 Å². The summed E-state index contributed by atoms with van der Waals surface area (Å²) >= 11 is 0. The summed E-state index contributed by atoms with van der Waals surface area (Å²) in [7, 11) is -4.07. The monoisotopic (exact) mass is 469 g/mol. The predicted molar refractivity (Wildman–Crippen MR) is 120 cm³/mol. The second-order valence-electron chi connectivity index (χ2n) is 9.66. The molecule has 0 radical (unpaired) electrons. The van der Waals surface area contributed by atoms with Crippen molar-refractivity contribution in [3.05, 3.63) is 59.4 Å². The van der Waals surface area contributed by atoms with Crippen LogP contribution in [0, 0.1) is 17.3 Å². The number of rotatable bonds is 4. The lowest BCUT2D eigenvalue weighted by molar-refractivity contribution is -0.168. The minimum Gasteiger partial charge on any atom is -0.371 e. The van der Waals surface area contributed by atoms with Crippen LogP contribution in [0.15, 0.2) is 42.7 Å². The molecule has 1 aromatic heterocycles. The number of amides is 2. The normalized spacial score (nSPS) is 29.2. The van der Waals surface area contributed by atoms with Crippen LogP contribution < -0.4 is 9.32 Å². The van der Waals surface area contributed by atoms with Gasteiger partial charge in [0.2, 0.25) is 11.8 Å². The minimum atomic E-state index is -4.07. The van der Waals surface area contributed by atoms with Crippen LogP contribution in [0.2, 0.25) is 0 Å². The van der Waals surface area contributed by atoms with Crippen LogP contribution >= 0.6 is 0 Å². The van der Waals surface area contributed by atoms with Crippen LogP contribution in [0.1, 0.15) is 55.2 Å². The summed E-state index contributed by atoms with van der Waals surface area (Å²) in [5.41, 5.74) is 2.49. The molecule has 0 unspecified atom stereocenters. The molecule has 2 N–H and O–H groups in total. The Hall–Kier alpha value is -2.78. The molecule has 2 heterocycles. The molecule has 33 heavy (non-hydrogen) atoms. The lowest BCUT2D eigenvalue weighted by Crippen LogP contribution is -2.58. The smallest absolute Gasteiger partial charge is 0.371 e. The zero-order chi connectivity index (χ0) is 23.4. The molecular formula is C24H27N3O5S. The first kappa shape index (κ1) is 22.0. The van der Waals surface area contributed by atoms with Gasteiger partial charge in [0.25, 0.3) is 0 Å². The second-order valence-corrected chi connectivity index (χ2v) is 10.8.